The van der Waals surface area contributed by atoms with Crippen LogP contribution in [0.2, 0.25) is 0 Å². The highest BCUT2D eigenvalue weighted by molar-refractivity contribution is 5.82. The van der Waals surface area contributed by atoms with Gasteiger partial charge >= 0.3 is 0 Å². The van der Waals surface area contributed by atoms with E-state index in [0.717, 1.165) is 6.42 Å². The predicted molar refractivity (Wildman–Crippen MR) is 80.7 cm³/mol. The minimum absolute atomic E-state index is 0.0954. The van der Waals surface area contributed by atoms with Crippen LogP contribution in [0.1, 0.15) is 96.8 Å². The number of Topliss-reactive ketones (excluding diaryl/α,β-unsaturated/α-hetero) is 1. The number of carbonyl (C=O) groups excluding carboxylic acids is 1. The second-order valence-corrected chi connectivity index (χ2v) is 5.53. The average Bonchev–Trinajstić information content (AvgIpc) is 2.34. The molecule has 0 aliphatic rings. The summed E-state index contributed by atoms with van der Waals surface area (Å²) in [6, 6.07) is 0. The Hall–Kier alpha value is -0.330. The molecule has 0 bridgehead atoms. The Kier molecular flexibility index (Phi) is 14.5. The van der Waals surface area contributed by atoms with Gasteiger partial charge < -0.3 is 0 Å². The summed E-state index contributed by atoms with van der Waals surface area (Å²) in [7, 11) is 0. The van der Waals surface area contributed by atoms with Crippen molar-refractivity contribution in [3.05, 3.63) is 6.92 Å². The summed E-state index contributed by atoms with van der Waals surface area (Å²) in [5.41, 5.74) is 0. The number of rotatable bonds is 14. The van der Waals surface area contributed by atoms with Crippen LogP contribution in [0.5, 0.6) is 0 Å². The second-order valence-electron chi connectivity index (χ2n) is 5.53. The van der Waals surface area contributed by atoms with Crippen LogP contribution in [0.4, 0.5) is 0 Å². The lowest BCUT2D eigenvalue weighted by Crippen LogP contribution is -1.89. The van der Waals surface area contributed by atoms with Gasteiger partial charge in [0.15, 0.2) is 0 Å². The van der Waals surface area contributed by atoms with Crippen LogP contribution in [-0.2, 0) is 4.79 Å². The lowest BCUT2D eigenvalue weighted by molar-refractivity contribution is -0.114. The summed E-state index contributed by atoms with van der Waals surface area (Å²) in [5, 5.41) is 0. The van der Waals surface area contributed by atoms with E-state index in [9.17, 15) is 4.79 Å². The summed E-state index contributed by atoms with van der Waals surface area (Å²) >= 11 is 0. The topological polar surface area (TPSA) is 17.1 Å². The van der Waals surface area contributed by atoms with Crippen molar-refractivity contribution >= 4 is 5.78 Å². The SMILES string of the molecule is [CH2]C(=O)CCCCCCCCCCCCCCC. The minimum Gasteiger partial charge on any atom is -0.300 e. The molecule has 0 N–H and O–H groups in total. The molecule has 0 aromatic carbocycles. The zero-order valence-electron chi connectivity index (χ0n) is 12.5. The monoisotopic (exact) mass is 253 g/mol. The molecule has 1 nitrogen and oxygen atoms in total. The van der Waals surface area contributed by atoms with Crippen LogP contribution in [-0.4, -0.2) is 5.78 Å². The third-order valence-electron chi connectivity index (χ3n) is 3.56. The summed E-state index contributed by atoms with van der Waals surface area (Å²) in [5.74, 6) is 0.0954. The smallest absolute Gasteiger partial charge is 0.133 e. The van der Waals surface area contributed by atoms with E-state index in [1.807, 2.05) is 0 Å². The van der Waals surface area contributed by atoms with Crippen molar-refractivity contribution in [1.29, 1.82) is 0 Å². The lowest BCUT2D eigenvalue weighted by Gasteiger charge is -2.02. The summed E-state index contributed by atoms with van der Waals surface area (Å²) in [4.78, 5) is 10.6. The second kappa shape index (κ2) is 14.7. The van der Waals surface area contributed by atoms with Gasteiger partial charge in [-0.1, -0.05) is 84.0 Å². The van der Waals surface area contributed by atoms with Crippen molar-refractivity contribution in [2.75, 3.05) is 0 Å². The fraction of sp³-hybridized carbons (Fsp3) is 0.882. The zero-order valence-corrected chi connectivity index (χ0v) is 12.5. The molecule has 18 heavy (non-hydrogen) atoms. The Bertz CT molecular complexity index is 174. The number of ketones is 1. The molecule has 0 saturated carbocycles. The summed E-state index contributed by atoms with van der Waals surface area (Å²) in [6.07, 6.45) is 18.3. The van der Waals surface area contributed by atoms with E-state index in [1.54, 1.807) is 0 Å². The number of carbonyl (C=O) groups is 1. The molecule has 0 heterocycles. The molecule has 0 aliphatic carbocycles. The maximum atomic E-state index is 10.6. The first-order chi connectivity index (χ1) is 8.77. The van der Waals surface area contributed by atoms with E-state index < -0.39 is 0 Å². The van der Waals surface area contributed by atoms with Crippen molar-refractivity contribution in [2.45, 2.75) is 96.8 Å². The van der Waals surface area contributed by atoms with Gasteiger partial charge in [0.2, 0.25) is 0 Å². The van der Waals surface area contributed by atoms with Crippen LogP contribution in [0.15, 0.2) is 0 Å². The Morgan fingerprint density at radius 1 is 0.667 bits per heavy atom. The molecule has 107 valence electrons. The molecule has 0 aromatic rings. The molecular formula is C17H33O. The van der Waals surface area contributed by atoms with Gasteiger partial charge in [0, 0.05) is 13.3 Å². The molecule has 0 amide bonds. The third-order valence-corrected chi connectivity index (χ3v) is 3.56. The average molecular weight is 253 g/mol. The molecule has 0 unspecified atom stereocenters. The van der Waals surface area contributed by atoms with E-state index in [4.69, 9.17) is 0 Å². The fourth-order valence-electron chi connectivity index (χ4n) is 2.34. The molecule has 0 aliphatic heterocycles. The molecule has 1 heteroatoms. The summed E-state index contributed by atoms with van der Waals surface area (Å²) in [6.45, 7) is 5.66. The maximum Gasteiger partial charge on any atom is 0.133 e. The van der Waals surface area contributed by atoms with E-state index >= 15 is 0 Å². The fourth-order valence-corrected chi connectivity index (χ4v) is 2.34. The minimum atomic E-state index is 0.0954. The third kappa shape index (κ3) is 15.7. The lowest BCUT2D eigenvalue weighted by atomic mass is 10.0. The standard InChI is InChI=1S/C17H33O/c1-3-4-5-6-7-8-9-10-11-12-13-14-15-16-17(2)18/h2-16H2,1H3. The molecule has 0 fully saturated rings. The maximum absolute atomic E-state index is 10.6. The first kappa shape index (κ1) is 17.7. The predicted octanol–water partition coefficient (Wildman–Crippen LogP) is 5.87. The van der Waals surface area contributed by atoms with Crippen molar-refractivity contribution in [3.8, 4) is 0 Å². The summed E-state index contributed by atoms with van der Waals surface area (Å²) < 4.78 is 0. The largest absolute Gasteiger partial charge is 0.300 e. The van der Waals surface area contributed by atoms with Gasteiger partial charge in [-0.25, -0.2) is 0 Å². The molecule has 0 rings (SSSR count). The first-order valence-electron chi connectivity index (χ1n) is 8.12. The quantitative estimate of drug-likeness (QED) is 0.354. The number of unbranched alkanes of at least 4 members (excludes halogenated alkanes) is 12. The normalized spacial score (nSPS) is 10.8. The van der Waals surface area contributed by atoms with Gasteiger partial charge in [0.1, 0.15) is 5.78 Å². The van der Waals surface area contributed by atoms with Crippen LogP contribution in [0, 0.1) is 6.92 Å². The van der Waals surface area contributed by atoms with Gasteiger partial charge in [0.25, 0.3) is 0 Å². The number of hydrogen-bond acceptors (Lipinski definition) is 1. The molecule has 0 atom stereocenters. The highest BCUT2D eigenvalue weighted by Gasteiger charge is 1.95. The highest BCUT2D eigenvalue weighted by atomic mass is 16.1. The number of hydrogen-bond donors (Lipinski definition) is 0. The molecule has 0 saturated heterocycles. The van der Waals surface area contributed by atoms with E-state index in [2.05, 4.69) is 13.8 Å². The molecule has 0 aromatic heterocycles. The van der Waals surface area contributed by atoms with E-state index in [-0.39, 0.29) is 5.78 Å². The van der Waals surface area contributed by atoms with Gasteiger partial charge in [-0.2, -0.15) is 0 Å². The first-order valence-corrected chi connectivity index (χ1v) is 8.12. The zero-order chi connectivity index (χ0) is 13.5. The van der Waals surface area contributed by atoms with Crippen molar-refractivity contribution in [2.24, 2.45) is 0 Å². The van der Waals surface area contributed by atoms with Crippen molar-refractivity contribution in [3.63, 3.8) is 0 Å². The van der Waals surface area contributed by atoms with Crippen LogP contribution < -0.4 is 0 Å². The van der Waals surface area contributed by atoms with Crippen LogP contribution in [0.3, 0.4) is 0 Å². The van der Waals surface area contributed by atoms with Crippen molar-refractivity contribution < 1.29 is 4.79 Å². The van der Waals surface area contributed by atoms with Crippen molar-refractivity contribution in [1.82, 2.24) is 0 Å². The Balaban J connectivity index is 2.92. The Morgan fingerprint density at radius 2 is 1.00 bits per heavy atom. The molecule has 0 spiro atoms. The molecular weight excluding hydrogens is 220 g/mol. The highest BCUT2D eigenvalue weighted by Crippen LogP contribution is 2.12. The van der Waals surface area contributed by atoms with Crippen LogP contribution in [0.25, 0.3) is 0 Å². The van der Waals surface area contributed by atoms with Gasteiger partial charge in [0.05, 0.1) is 0 Å². The Morgan fingerprint density at radius 3 is 1.33 bits per heavy atom. The van der Waals surface area contributed by atoms with Gasteiger partial charge in [-0.15, -0.1) is 0 Å². The van der Waals surface area contributed by atoms with Gasteiger partial charge in [-0.05, 0) is 6.42 Å². The van der Waals surface area contributed by atoms with E-state index in [1.165, 1.54) is 77.0 Å². The molecule has 1 radical (unpaired) electrons. The Labute approximate surface area is 115 Å². The van der Waals surface area contributed by atoms with E-state index in [0.29, 0.717) is 6.42 Å². The van der Waals surface area contributed by atoms with Gasteiger partial charge in [-0.3, -0.25) is 4.79 Å². The van der Waals surface area contributed by atoms with Crippen LogP contribution >= 0.6 is 0 Å².